The fraction of sp³-hybridized carbons (Fsp3) is 0.214. The van der Waals surface area contributed by atoms with E-state index in [0.717, 1.165) is 0 Å². The lowest BCUT2D eigenvalue weighted by Gasteiger charge is -2.07. The van der Waals surface area contributed by atoms with Gasteiger partial charge in [-0.05, 0) is 30.2 Å². The van der Waals surface area contributed by atoms with E-state index in [0.29, 0.717) is 11.3 Å². The Hall–Kier alpha value is -1.83. The molecule has 1 aromatic heterocycles. The van der Waals surface area contributed by atoms with E-state index in [9.17, 15) is 12.8 Å². The summed E-state index contributed by atoms with van der Waals surface area (Å²) in [6, 6.07) is 9.28. The summed E-state index contributed by atoms with van der Waals surface area (Å²) in [6.07, 6.45) is 1.54. The number of sulfonamides is 1. The summed E-state index contributed by atoms with van der Waals surface area (Å²) in [6.45, 7) is 0.364. The van der Waals surface area contributed by atoms with Crippen LogP contribution in [0.5, 0.6) is 0 Å². The normalized spacial score (nSPS) is 11.5. The molecule has 2 aromatic rings. The fourth-order valence-electron chi connectivity index (χ4n) is 1.80. The van der Waals surface area contributed by atoms with Crippen LogP contribution in [-0.4, -0.2) is 19.9 Å². The molecule has 0 atom stereocenters. The van der Waals surface area contributed by atoms with Crippen molar-refractivity contribution in [3.63, 3.8) is 0 Å². The Labute approximate surface area is 123 Å². The van der Waals surface area contributed by atoms with Gasteiger partial charge in [0.2, 0.25) is 10.0 Å². The Morgan fingerprint density at radius 3 is 2.57 bits per heavy atom. The predicted molar refractivity (Wildman–Crippen MR) is 77.4 cm³/mol. The number of rotatable bonds is 6. The van der Waals surface area contributed by atoms with E-state index in [-0.39, 0.29) is 30.2 Å². The van der Waals surface area contributed by atoms with Crippen molar-refractivity contribution >= 4 is 10.0 Å². The molecule has 0 aliphatic rings. The average molecular weight is 309 g/mol. The maximum atomic E-state index is 13.4. The van der Waals surface area contributed by atoms with Crippen molar-refractivity contribution in [1.82, 2.24) is 9.71 Å². The summed E-state index contributed by atoms with van der Waals surface area (Å²) < 4.78 is 39.9. The number of hydrogen-bond acceptors (Lipinski definition) is 4. The molecular weight excluding hydrogens is 293 g/mol. The highest BCUT2D eigenvalue weighted by molar-refractivity contribution is 7.89. The van der Waals surface area contributed by atoms with Crippen LogP contribution in [0.2, 0.25) is 0 Å². The minimum Gasteiger partial charge on any atom is -0.325 e. The maximum absolute atomic E-state index is 13.4. The van der Waals surface area contributed by atoms with Gasteiger partial charge in [-0.1, -0.05) is 18.2 Å². The second-order valence-corrected chi connectivity index (χ2v) is 6.20. The number of pyridine rings is 1. The van der Waals surface area contributed by atoms with Gasteiger partial charge in [0.25, 0.3) is 0 Å². The van der Waals surface area contributed by atoms with Gasteiger partial charge >= 0.3 is 0 Å². The largest absolute Gasteiger partial charge is 0.325 e. The molecule has 0 spiro atoms. The minimum absolute atomic E-state index is 0.0632. The number of halogens is 1. The lowest BCUT2D eigenvalue weighted by atomic mass is 10.1. The molecule has 0 aliphatic carbocycles. The van der Waals surface area contributed by atoms with Crippen molar-refractivity contribution in [2.45, 2.75) is 17.9 Å². The van der Waals surface area contributed by atoms with E-state index in [1.807, 2.05) is 0 Å². The SMILES string of the molecule is NCc1ccc(S(=O)(=O)NCCc2ccccc2F)cn1. The van der Waals surface area contributed by atoms with Crippen LogP contribution in [-0.2, 0) is 23.0 Å². The van der Waals surface area contributed by atoms with E-state index in [4.69, 9.17) is 5.73 Å². The number of nitrogens with one attached hydrogen (secondary N) is 1. The van der Waals surface area contributed by atoms with Crippen LogP contribution in [0.4, 0.5) is 4.39 Å². The maximum Gasteiger partial charge on any atom is 0.242 e. The van der Waals surface area contributed by atoms with Gasteiger partial charge in [0, 0.05) is 19.3 Å². The van der Waals surface area contributed by atoms with E-state index < -0.39 is 10.0 Å². The van der Waals surface area contributed by atoms with Gasteiger partial charge in [-0.15, -0.1) is 0 Å². The van der Waals surface area contributed by atoms with Crippen molar-refractivity contribution in [2.24, 2.45) is 5.73 Å². The second kappa shape index (κ2) is 6.75. The molecule has 0 saturated heterocycles. The van der Waals surface area contributed by atoms with Crippen LogP contribution < -0.4 is 10.5 Å². The van der Waals surface area contributed by atoms with Crippen molar-refractivity contribution in [3.05, 3.63) is 59.7 Å². The molecule has 0 amide bonds. The first-order chi connectivity index (χ1) is 10.0. The van der Waals surface area contributed by atoms with Gasteiger partial charge < -0.3 is 5.73 Å². The number of aromatic nitrogens is 1. The third-order valence-corrected chi connectivity index (χ3v) is 4.41. The van der Waals surface area contributed by atoms with E-state index in [1.165, 1.54) is 18.3 Å². The van der Waals surface area contributed by atoms with E-state index >= 15 is 0 Å². The zero-order chi connectivity index (χ0) is 15.3. The summed E-state index contributed by atoms with van der Waals surface area (Å²) in [5.74, 6) is -0.342. The van der Waals surface area contributed by atoms with Gasteiger partial charge in [0.05, 0.1) is 5.69 Å². The average Bonchev–Trinajstić information content (AvgIpc) is 2.49. The second-order valence-electron chi connectivity index (χ2n) is 4.43. The molecule has 0 fully saturated rings. The Kier molecular flexibility index (Phi) is 5.00. The van der Waals surface area contributed by atoms with Crippen molar-refractivity contribution in [1.29, 1.82) is 0 Å². The molecule has 21 heavy (non-hydrogen) atoms. The third kappa shape index (κ3) is 4.07. The van der Waals surface area contributed by atoms with Gasteiger partial charge in [0.1, 0.15) is 10.7 Å². The molecule has 112 valence electrons. The number of nitrogens with zero attached hydrogens (tertiary/aromatic N) is 1. The van der Waals surface area contributed by atoms with Crippen LogP contribution in [0, 0.1) is 5.82 Å². The quantitative estimate of drug-likeness (QED) is 0.839. The highest BCUT2D eigenvalue weighted by Gasteiger charge is 2.14. The first kappa shape index (κ1) is 15.6. The Morgan fingerprint density at radius 2 is 1.95 bits per heavy atom. The summed E-state index contributed by atoms with van der Waals surface area (Å²) >= 11 is 0. The fourth-order valence-corrected chi connectivity index (χ4v) is 2.77. The highest BCUT2D eigenvalue weighted by atomic mass is 32.2. The first-order valence-electron chi connectivity index (χ1n) is 6.41. The molecule has 0 saturated carbocycles. The monoisotopic (exact) mass is 309 g/mol. The van der Waals surface area contributed by atoms with Crippen LogP contribution in [0.15, 0.2) is 47.5 Å². The highest BCUT2D eigenvalue weighted by Crippen LogP contribution is 2.09. The zero-order valence-electron chi connectivity index (χ0n) is 11.3. The van der Waals surface area contributed by atoms with Crippen LogP contribution in [0.25, 0.3) is 0 Å². The van der Waals surface area contributed by atoms with Crippen LogP contribution in [0.3, 0.4) is 0 Å². The summed E-state index contributed by atoms with van der Waals surface area (Å²) in [5.41, 5.74) is 6.49. The molecule has 5 nitrogen and oxygen atoms in total. The zero-order valence-corrected chi connectivity index (χ0v) is 12.1. The topological polar surface area (TPSA) is 85.1 Å². The van der Waals surface area contributed by atoms with Crippen LogP contribution in [0.1, 0.15) is 11.3 Å². The van der Waals surface area contributed by atoms with Gasteiger partial charge in [-0.3, -0.25) is 4.98 Å². The molecule has 0 aliphatic heterocycles. The molecule has 1 heterocycles. The van der Waals surface area contributed by atoms with Crippen molar-refractivity contribution in [3.8, 4) is 0 Å². The summed E-state index contributed by atoms with van der Waals surface area (Å²) in [7, 11) is -3.64. The molecule has 2 rings (SSSR count). The van der Waals surface area contributed by atoms with E-state index in [2.05, 4.69) is 9.71 Å². The molecule has 7 heteroatoms. The lowest BCUT2D eigenvalue weighted by molar-refractivity contribution is 0.577. The Bertz CT molecular complexity index is 702. The smallest absolute Gasteiger partial charge is 0.242 e. The first-order valence-corrected chi connectivity index (χ1v) is 7.89. The number of hydrogen-bond donors (Lipinski definition) is 2. The Morgan fingerprint density at radius 1 is 1.19 bits per heavy atom. The standard InChI is InChI=1S/C14H16FN3O2S/c15-14-4-2-1-3-11(14)7-8-18-21(19,20)13-6-5-12(9-16)17-10-13/h1-6,10,18H,7-9,16H2. The Balaban J connectivity index is 1.99. The molecule has 0 radical (unpaired) electrons. The summed E-state index contributed by atoms with van der Waals surface area (Å²) in [4.78, 5) is 4.00. The van der Waals surface area contributed by atoms with Gasteiger partial charge in [0.15, 0.2) is 0 Å². The van der Waals surface area contributed by atoms with Crippen LogP contribution >= 0.6 is 0 Å². The number of benzene rings is 1. The summed E-state index contributed by atoms with van der Waals surface area (Å²) in [5, 5.41) is 0. The van der Waals surface area contributed by atoms with Crippen molar-refractivity contribution in [2.75, 3.05) is 6.54 Å². The lowest BCUT2D eigenvalue weighted by Crippen LogP contribution is -2.26. The minimum atomic E-state index is -3.64. The third-order valence-electron chi connectivity index (χ3n) is 2.96. The van der Waals surface area contributed by atoms with Gasteiger partial charge in [-0.2, -0.15) is 0 Å². The van der Waals surface area contributed by atoms with E-state index in [1.54, 1.807) is 24.3 Å². The molecule has 1 aromatic carbocycles. The van der Waals surface area contributed by atoms with Gasteiger partial charge in [-0.25, -0.2) is 17.5 Å². The molecular formula is C14H16FN3O2S. The molecule has 3 N–H and O–H groups in total. The number of nitrogens with two attached hydrogens (primary N) is 1. The van der Waals surface area contributed by atoms with Crippen molar-refractivity contribution < 1.29 is 12.8 Å². The molecule has 0 bridgehead atoms. The molecule has 0 unspecified atom stereocenters. The predicted octanol–water partition coefficient (Wildman–Crippen LogP) is 1.20.